The predicted molar refractivity (Wildman–Crippen MR) is 82.2 cm³/mol. The standard InChI is InChI=1S/C18H17NO3/c1-12-15-5-3-2-4-13(15)8-9-19(12)18(20)14-6-7-16-17(10-14)22-11-21-16/h2-7,10,12H,8-9,11H2,1H3/t12-/m1/s1. The number of carbonyl (C=O) groups is 1. The Morgan fingerprint density at radius 2 is 1.95 bits per heavy atom. The Kier molecular flexibility index (Phi) is 3.03. The van der Waals surface area contributed by atoms with Gasteiger partial charge in [-0.3, -0.25) is 4.79 Å². The van der Waals surface area contributed by atoms with Crippen molar-refractivity contribution in [3.63, 3.8) is 0 Å². The highest BCUT2D eigenvalue weighted by Gasteiger charge is 2.28. The van der Waals surface area contributed by atoms with Crippen molar-refractivity contribution in [1.82, 2.24) is 4.90 Å². The van der Waals surface area contributed by atoms with Crippen molar-refractivity contribution in [3.05, 3.63) is 59.2 Å². The van der Waals surface area contributed by atoms with Crippen LogP contribution in [0.2, 0.25) is 0 Å². The summed E-state index contributed by atoms with van der Waals surface area (Å²) in [6.45, 7) is 3.05. The molecule has 0 saturated carbocycles. The lowest BCUT2D eigenvalue weighted by Crippen LogP contribution is -2.38. The van der Waals surface area contributed by atoms with Crippen molar-refractivity contribution in [1.29, 1.82) is 0 Å². The van der Waals surface area contributed by atoms with Crippen molar-refractivity contribution in [2.45, 2.75) is 19.4 Å². The van der Waals surface area contributed by atoms with Crippen LogP contribution in [0.3, 0.4) is 0 Å². The molecular formula is C18H17NO3. The smallest absolute Gasteiger partial charge is 0.254 e. The fourth-order valence-electron chi connectivity index (χ4n) is 3.24. The number of hydrogen-bond donors (Lipinski definition) is 0. The quantitative estimate of drug-likeness (QED) is 0.811. The molecule has 0 aromatic heterocycles. The van der Waals surface area contributed by atoms with Crippen molar-refractivity contribution in [2.24, 2.45) is 0 Å². The van der Waals surface area contributed by atoms with E-state index in [1.165, 1.54) is 11.1 Å². The molecule has 0 radical (unpaired) electrons. The van der Waals surface area contributed by atoms with Crippen molar-refractivity contribution in [2.75, 3.05) is 13.3 Å². The fourth-order valence-corrected chi connectivity index (χ4v) is 3.24. The van der Waals surface area contributed by atoms with Gasteiger partial charge < -0.3 is 14.4 Å². The van der Waals surface area contributed by atoms with Gasteiger partial charge in [0, 0.05) is 12.1 Å². The van der Waals surface area contributed by atoms with E-state index in [0.717, 1.165) is 13.0 Å². The monoisotopic (exact) mass is 295 g/mol. The number of carbonyl (C=O) groups excluding carboxylic acids is 1. The van der Waals surface area contributed by atoms with E-state index in [1.54, 1.807) is 12.1 Å². The molecule has 0 saturated heterocycles. The summed E-state index contributed by atoms with van der Waals surface area (Å²) < 4.78 is 10.7. The van der Waals surface area contributed by atoms with Crippen LogP contribution in [0.1, 0.15) is 34.5 Å². The minimum atomic E-state index is 0.0419. The van der Waals surface area contributed by atoms with E-state index < -0.39 is 0 Å². The maximum Gasteiger partial charge on any atom is 0.254 e. The molecule has 4 nitrogen and oxygen atoms in total. The second kappa shape index (κ2) is 5.05. The van der Waals surface area contributed by atoms with E-state index in [2.05, 4.69) is 25.1 Å². The molecule has 0 spiro atoms. The van der Waals surface area contributed by atoms with Crippen LogP contribution >= 0.6 is 0 Å². The topological polar surface area (TPSA) is 38.8 Å². The second-order valence-corrected chi connectivity index (χ2v) is 5.69. The van der Waals surface area contributed by atoms with E-state index in [1.807, 2.05) is 17.0 Å². The summed E-state index contributed by atoms with van der Waals surface area (Å²) in [4.78, 5) is 14.8. The Hall–Kier alpha value is -2.49. The number of nitrogens with zero attached hydrogens (tertiary/aromatic N) is 1. The third-order valence-electron chi connectivity index (χ3n) is 4.48. The van der Waals surface area contributed by atoms with Crippen LogP contribution in [0.4, 0.5) is 0 Å². The van der Waals surface area contributed by atoms with Gasteiger partial charge in [-0.1, -0.05) is 24.3 Å². The minimum absolute atomic E-state index is 0.0419. The average Bonchev–Trinajstić information content (AvgIpc) is 3.02. The van der Waals surface area contributed by atoms with Gasteiger partial charge in [0.15, 0.2) is 11.5 Å². The molecule has 0 unspecified atom stereocenters. The maximum atomic E-state index is 12.8. The third kappa shape index (κ3) is 2.03. The summed E-state index contributed by atoms with van der Waals surface area (Å²) in [6.07, 6.45) is 0.900. The summed E-state index contributed by atoms with van der Waals surface area (Å²) in [5.74, 6) is 1.39. The molecule has 112 valence electrons. The Morgan fingerprint density at radius 3 is 2.86 bits per heavy atom. The molecule has 4 rings (SSSR count). The van der Waals surface area contributed by atoms with E-state index in [9.17, 15) is 4.79 Å². The molecule has 0 aliphatic carbocycles. The molecular weight excluding hydrogens is 278 g/mol. The van der Waals surface area contributed by atoms with Crippen molar-refractivity contribution < 1.29 is 14.3 Å². The zero-order chi connectivity index (χ0) is 15.1. The van der Waals surface area contributed by atoms with Gasteiger partial charge in [0.2, 0.25) is 6.79 Å². The Balaban J connectivity index is 1.64. The number of fused-ring (bicyclic) bond motifs is 2. The van der Waals surface area contributed by atoms with E-state index >= 15 is 0 Å². The van der Waals surface area contributed by atoms with E-state index in [0.29, 0.717) is 17.1 Å². The lowest BCUT2D eigenvalue weighted by molar-refractivity contribution is 0.0677. The zero-order valence-corrected chi connectivity index (χ0v) is 12.4. The molecule has 0 fully saturated rings. The average molecular weight is 295 g/mol. The first-order chi connectivity index (χ1) is 10.7. The van der Waals surface area contributed by atoms with Gasteiger partial charge in [-0.05, 0) is 42.7 Å². The molecule has 2 aliphatic heterocycles. The molecule has 0 bridgehead atoms. The predicted octanol–water partition coefficient (Wildman–Crippen LogP) is 3.17. The molecule has 2 heterocycles. The van der Waals surface area contributed by atoms with Gasteiger partial charge in [0.1, 0.15) is 0 Å². The van der Waals surface area contributed by atoms with Crippen LogP contribution in [0.5, 0.6) is 11.5 Å². The Labute approximate surface area is 129 Å². The van der Waals surface area contributed by atoms with Gasteiger partial charge >= 0.3 is 0 Å². The summed E-state index contributed by atoms with van der Waals surface area (Å²) in [5, 5.41) is 0. The lowest BCUT2D eigenvalue weighted by Gasteiger charge is -2.35. The van der Waals surface area contributed by atoms with Crippen LogP contribution in [0.15, 0.2) is 42.5 Å². The molecule has 1 atom stereocenters. The van der Waals surface area contributed by atoms with Gasteiger partial charge in [-0.2, -0.15) is 0 Å². The van der Waals surface area contributed by atoms with Crippen LogP contribution in [0, 0.1) is 0 Å². The first-order valence-corrected chi connectivity index (χ1v) is 7.52. The molecule has 4 heteroatoms. The summed E-state index contributed by atoms with van der Waals surface area (Å²) >= 11 is 0. The highest BCUT2D eigenvalue weighted by atomic mass is 16.7. The summed E-state index contributed by atoms with van der Waals surface area (Å²) in [6, 6.07) is 13.8. The normalized spacial score (nSPS) is 19.0. The van der Waals surface area contributed by atoms with Crippen molar-refractivity contribution >= 4 is 5.91 Å². The number of hydrogen-bond acceptors (Lipinski definition) is 3. The molecule has 0 N–H and O–H groups in total. The van der Waals surface area contributed by atoms with E-state index in [4.69, 9.17) is 9.47 Å². The lowest BCUT2D eigenvalue weighted by atomic mass is 9.93. The van der Waals surface area contributed by atoms with Gasteiger partial charge in [-0.25, -0.2) is 0 Å². The number of rotatable bonds is 1. The molecule has 22 heavy (non-hydrogen) atoms. The first kappa shape index (κ1) is 13.2. The van der Waals surface area contributed by atoms with Gasteiger partial charge in [0.05, 0.1) is 6.04 Å². The second-order valence-electron chi connectivity index (χ2n) is 5.69. The third-order valence-corrected chi connectivity index (χ3v) is 4.48. The van der Waals surface area contributed by atoms with Crippen LogP contribution in [-0.2, 0) is 6.42 Å². The number of ether oxygens (including phenoxy) is 2. The van der Waals surface area contributed by atoms with Crippen LogP contribution in [0.25, 0.3) is 0 Å². The molecule has 2 aliphatic rings. The SMILES string of the molecule is C[C@@H]1c2ccccc2CCN1C(=O)c1ccc2c(c1)OCO2. The summed E-state index contributed by atoms with van der Waals surface area (Å²) in [7, 11) is 0. The van der Waals surface area contributed by atoms with E-state index in [-0.39, 0.29) is 18.7 Å². The maximum absolute atomic E-state index is 12.8. The zero-order valence-electron chi connectivity index (χ0n) is 12.4. The first-order valence-electron chi connectivity index (χ1n) is 7.52. The van der Waals surface area contributed by atoms with Crippen LogP contribution < -0.4 is 9.47 Å². The molecule has 2 aromatic carbocycles. The van der Waals surface area contributed by atoms with Gasteiger partial charge in [-0.15, -0.1) is 0 Å². The highest BCUT2D eigenvalue weighted by molar-refractivity contribution is 5.95. The fraction of sp³-hybridized carbons (Fsp3) is 0.278. The van der Waals surface area contributed by atoms with Gasteiger partial charge in [0.25, 0.3) is 5.91 Å². The van der Waals surface area contributed by atoms with Crippen molar-refractivity contribution in [3.8, 4) is 11.5 Å². The Bertz CT molecular complexity index is 741. The number of benzene rings is 2. The molecule has 2 aromatic rings. The van der Waals surface area contributed by atoms with Crippen LogP contribution in [-0.4, -0.2) is 24.1 Å². The summed E-state index contributed by atoms with van der Waals surface area (Å²) in [5.41, 5.74) is 3.23. The Morgan fingerprint density at radius 1 is 1.14 bits per heavy atom. The largest absolute Gasteiger partial charge is 0.454 e. The molecule has 1 amide bonds. The number of amides is 1. The minimum Gasteiger partial charge on any atom is -0.454 e. The highest BCUT2D eigenvalue weighted by Crippen LogP contribution is 2.35.